The average molecular weight is 433 g/mol. The highest BCUT2D eigenvalue weighted by molar-refractivity contribution is 6.74. The van der Waals surface area contributed by atoms with Crippen LogP contribution in [0.3, 0.4) is 0 Å². The van der Waals surface area contributed by atoms with Gasteiger partial charge in [-0.1, -0.05) is 45.0 Å². The van der Waals surface area contributed by atoms with Crippen molar-refractivity contribution in [3.63, 3.8) is 0 Å². The van der Waals surface area contributed by atoms with Crippen molar-refractivity contribution in [2.45, 2.75) is 72.4 Å². The molecule has 0 spiro atoms. The number of carbonyl (C=O) groups excluding carboxylic acids is 1. The number of aliphatic hydroxyl groups excluding tert-OH is 1. The molecule has 0 unspecified atom stereocenters. The summed E-state index contributed by atoms with van der Waals surface area (Å²) in [6.45, 7) is 16.8. The van der Waals surface area contributed by atoms with Gasteiger partial charge in [0.15, 0.2) is 8.32 Å². The van der Waals surface area contributed by atoms with Crippen molar-refractivity contribution in [3.05, 3.63) is 47.7 Å². The van der Waals surface area contributed by atoms with Gasteiger partial charge in [-0.2, -0.15) is 0 Å². The Morgan fingerprint density at radius 3 is 2.30 bits per heavy atom. The second kappa shape index (κ2) is 9.08. The van der Waals surface area contributed by atoms with E-state index in [1.54, 1.807) is 26.8 Å². The SMILES string of the molecule is CC(C)(C)C(=O)OC[C@@H](O)c1ccc(-c2ccccc2CO[Si](C)(C)C(C)(C)C)o1. The molecule has 0 saturated heterocycles. The van der Waals surface area contributed by atoms with E-state index >= 15 is 0 Å². The van der Waals surface area contributed by atoms with Gasteiger partial charge < -0.3 is 18.7 Å². The van der Waals surface area contributed by atoms with Gasteiger partial charge in [-0.3, -0.25) is 4.79 Å². The summed E-state index contributed by atoms with van der Waals surface area (Å²) in [5.41, 5.74) is 1.36. The molecule has 1 aromatic carbocycles. The molecule has 6 heteroatoms. The molecule has 2 rings (SSSR count). The van der Waals surface area contributed by atoms with Gasteiger partial charge in [-0.05, 0) is 56.6 Å². The minimum Gasteiger partial charge on any atom is -0.462 e. The summed E-state index contributed by atoms with van der Waals surface area (Å²) >= 11 is 0. The Bertz CT molecular complexity index is 855. The summed E-state index contributed by atoms with van der Waals surface area (Å²) in [6.07, 6.45) is -1.01. The molecule has 1 heterocycles. The van der Waals surface area contributed by atoms with Crippen molar-refractivity contribution in [1.82, 2.24) is 0 Å². The molecule has 1 atom stereocenters. The Morgan fingerprint density at radius 1 is 1.07 bits per heavy atom. The van der Waals surface area contributed by atoms with E-state index in [1.165, 1.54) is 0 Å². The third-order valence-electron chi connectivity index (χ3n) is 5.62. The van der Waals surface area contributed by atoms with Gasteiger partial charge in [-0.25, -0.2) is 0 Å². The fourth-order valence-corrected chi connectivity index (χ4v) is 3.44. The number of aliphatic hydroxyl groups is 1. The third-order valence-corrected chi connectivity index (χ3v) is 10.1. The van der Waals surface area contributed by atoms with Gasteiger partial charge in [0.1, 0.15) is 24.2 Å². The normalized spacial score (nSPS) is 13.9. The van der Waals surface area contributed by atoms with Gasteiger partial charge in [0.2, 0.25) is 0 Å². The van der Waals surface area contributed by atoms with Crippen LogP contribution in [-0.2, 0) is 20.6 Å². The molecule has 0 radical (unpaired) electrons. The summed E-state index contributed by atoms with van der Waals surface area (Å²) in [4.78, 5) is 11.9. The molecule has 0 aliphatic rings. The number of hydrogen-bond donors (Lipinski definition) is 1. The third kappa shape index (κ3) is 6.06. The van der Waals surface area contributed by atoms with E-state index < -0.39 is 19.8 Å². The largest absolute Gasteiger partial charge is 0.462 e. The van der Waals surface area contributed by atoms with E-state index in [2.05, 4.69) is 33.9 Å². The predicted octanol–water partition coefficient (Wildman–Crippen LogP) is 6.09. The second-order valence-electron chi connectivity index (χ2n) is 10.3. The first kappa shape index (κ1) is 24.4. The highest BCUT2D eigenvalue weighted by atomic mass is 28.4. The number of carbonyl (C=O) groups is 1. The topological polar surface area (TPSA) is 68.9 Å². The van der Waals surface area contributed by atoms with Crippen molar-refractivity contribution < 1.29 is 23.5 Å². The molecule has 166 valence electrons. The lowest BCUT2D eigenvalue weighted by molar-refractivity contribution is -0.156. The highest BCUT2D eigenvalue weighted by Gasteiger charge is 2.37. The van der Waals surface area contributed by atoms with Crippen molar-refractivity contribution in [1.29, 1.82) is 0 Å². The smallest absolute Gasteiger partial charge is 0.311 e. The quantitative estimate of drug-likeness (QED) is 0.423. The van der Waals surface area contributed by atoms with Crippen LogP contribution in [0.4, 0.5) is 0 Å². The van der Waals surface area contributed by atoms with Crippen molar-refractivity contribution >= 4 is 14.3 Å². The van der Waals surface area contributed by atoms with Crippen LogP contribution >= 0.6 is 0 Å². The van der Waals surface area contributed by atoms with E-state index in [0.717, 1.165) is 11.1 Å². The van der Waals surface area contributed by atoms with Gasteiger partial charge in [0.25, 0.3) is 0 Å². The van der Waals surface area contributed by atoms with E-state index in [-0.39, 0.29) is 17.6 Å². The number of hydrogen-bond acceptors (Lipinski definition) is 5. The lowest BCUT2D eigenvalue weighted by Gasteiger charge is -2.36. The number of furan rings is 1. The van der Waals surface area contributed by atoms with Crippen LogP contribution in [0.1, 0.15) is 59.0 Å². The average Bonchev–Trinajstić information content (AvgIpc) is 3.12. The fraction of sp³-hybridized carbons (Fsp3) is 0.542. The highest BCUT2D eigenvalue weighted by Crippen LogP contribution is 2.38. The number of esters is 1. The molecule has 2 aromatic rings. The van der Waals surface area contributed by atoms with Crippen LogP contribution in [-0.4, -0.2) is 26.0 Å². The van der Waals surface area contributed by atoms with Crippen LogP contribution in [0.15, 0.2) is 40.8 Å². The van der Waals surface area contributed by atoms with E-state index in [1.807, 2.05) is 30.3 Å². The first-order valence-electron chi connectivity index (χ1n) is 10.4. The Kier molecular flexibility index (Phi) is 7.38. The molecule has 0 aliphatic heterocycles. The second-order valence-corrected chi connectivity index (χ2v) is 15.1. The summed E-state index contributed by atoms with van der Waals surface area (Å²) in [6, 6.07) is 11.5. The Labute approximate surface area is 181 Å². The van der Waals surface area contributed by atoms with E-state index in [4.69, 9.17) is 13.6 Å². The van der Waals surface area contributed by atoms with Crippen LogP contribution < -0.4 is 0 Å². The van der Waals surface area contributed by atoms with Crippen LogP contribution in [0.5, 0.6) is 0 Å². The van der Waals surface area contributed by atoms with Gasteiger partial charge >= 0.3 is 5.97 Å². The molecular weight excluding hydrogens is 396 g/mol. The maximum atomic E-state index is 11.9. The lowest BCUT2D eigenvalue weighted by atomic mass is 9.97. The molecule has 0 saturated carbocycles. The molecule has 0 fully saturated rings. The molecule has 30 heavy (non-hydrogen) atoms. The standard InChI is InChI=1S/C24H36O5Si/c1-23(2,3)22(26)27-16-19(25)21-14-13-20(29-21)18-12-10-9-11-17(18)15-28-30(7,8)24(4,5)6/h9-14,19,25H,15-16H2,1-8H3/t19-/m1/s1. The van der Waals surface area contributed by atoms with Gasteiger partial charge in [0, 0.05) is 5.56 Å². The van der Waals surface area contributed by atoms with Crippen LogP contribution in [0.25, 0.3) is 11.3 Å². The first-order chi connectivity index (χ1) is 13.7. The molecule has 0 aliphatic carbocycles. The monoisotopic (exact) mass is 432 g/mol. The Balaban J connectivity index is 2.13. The molecule has 0 amide bonds. The predicted molar refractivity (Wildman–Crippen MR) is 122 cm³/mol. The zero-order valence-corrected chi connectivity index (χ0v) is 20.5. The molecule has 5 nitrogen and oxygen atoms in total. The zero-order chi connectivity index (χ0) is 22.7. The first-order valence-corrected chi connectivity index (χ1v) is 13.3. The van der Waals surface area contributed by atoms with Crippen molar-refractivity contribution in [3.8, 4) is 11.3 Å². The van der Waals surface area contributed by atoms with E-state index in [0.29, 0.717) is 18.1 Å². The minimum atomic E-state index is -1.88. The number of benzene rings is 1. The maximum absolute atomic E-state index is 11.9. The molecule has 1 aromatic heterocycles. The number of ether oxygens (including phenoxy) is 1. The summed E-state index contributed by atoms with van der Waals surface area (Å²) < 4.78 is 17.5. The summed E-state index contributed by atoms with van der Waals surface area (Å²) in [5, 5.41) is 10.5. The van der Waals surface area contributed by atoms with Crippen LogP contribution in [0, 0.1) is 5.41 Å². The Morgan fingerprint density at radius 2 is 1.70 bits per heavy atom. The summed E-state index contributed by atoms with van der Waals surface area (Å²) in [5.74, 6) is 0.661. The lowest BCUT2D eigenvalue weighted by Crippen LogP contribution is -2.40. The van der Waals surface area contributed by atoms with Crippen LogP contribution in [0.2, 0.25) is 18.1 Å². The van der Waals surface area contributed by atoms with E-state index in [9.17, 15) is 9.90 Å². The maximum Gasteiger partial charge on any atom is 0.311 e. The van der Waals surface area contributed by atoms with Gasteiger partial charge in [0.05, 0.1) is 12.0 Å². The number of rotatable bonds is 7. The Hall–Kier alpha value is -1.89. The van der Waals surface area contributed by atoms with Crippen molar-refractivity contribution in [2.75, 3.05) is 6.61 Å². The zero-order valence-electron chi connectivity index (χ0n) is 19.5. The van der Waals surface area contributed by atoms with Crippen molar-refractivity contribution in [2.24, 2.45) is 5.41 Å². The minimum absolute atomic E-state index is 0.133. The fourth-order valence-electron chi connectivity index (χ4n) is 2.49. The molecule has 1 N–H and O–H groups in total. The molecule has 0 bridgehead atoms. The summed E-state index contributed by atoms with van der Waals surface area (Å²) in [7, 11) is -1.88. The van der Waals surface area contributed by atoms with Gasteiger partial charge in [-0.15, -0.1) is 0 Å². The molecular formula is C24H36O5Si.